The maximum atomic E-state index is 12.9. The van der Waals surface area contributed by atoms with Gasteiger partial charge in [-0.2, -0.15) is 0 Å². The van der Waals surface area contributed by atoms with Crippen molar-refractivity contribution in [2.24, 2.45) is 0 Å². The molecule has 31 heavy (non-hydrogen) atoms. The third-order valence-electron chi connectivity index (χ3n) is 5.34. The van der Waals surface area contributed by atoms with Crippen LogP contribution in [0.25, 0.3) is 5.70 Å². The maximum absolute atomic E-state index is 12.9. The fourth-order valence-electron chi connectivity index (χ4n) is 3.54. The van der Waals surface area contributed by atoms with E-state index in [2.05, 4.69) is 37.8 Å². The highest BCUT2D eigenvalue weighted by atomic mass is 32.2. The molecule has 1 unspecified atom stereocenters. The van der Waals surface area contributed by atoms with Gasteiger partial charge in [0.2, 0.25) is 0 Å². The first-order valence-corrected chi connectivity index (χ1v) is 12.3. The third-order valence-corrected chi connectivity index (χ3v) is 6.89. The lowest BCUT2D eigenvalue weighted by Gasteiger charge is -2.23. The van der Waals surface area contributed by atoms with Gasteiger partial charge in [0, 0.05) is 23.7 Å². The van der Waals surface area contributed by atoms with Crippen molar-refractivity contribution in [2.75, 3.05) is 6.54 Å². The smallest absolute Gasteiger partial charge is 0.326 e. The third kappa shape index (κ3) is 6.82. The molecule has 0 spiro atoms. The van der Waals surface area contributed by atoms with Crippen LogP contribution in [0.4, 0.5) is 4.79 Å². The van der Waals surface area contributed by atoms with E-state index in [1.54, 1.807) is 24.5 Å². The topological polar surface area (TPSA) is 96.0 Å². The van der Waals surface area contributed by atoms with Crippen molar-refractivity contribution in [2.45, 2.75) is 56.4 Å². The van der Waals surface area contributed by atoms with Gasteiger partial charge in [0.15, 0.2) is 0 Å². The minimum Gasteiger partial charge on any atom is -0.383 e. The average Bonchev–Trinajstić information content (AvgIpc) is 2.75. The molecule has 1 fully saturated rings. The van der Waals surface area contributed by atoms with Crippen molar-refractivity contribution in [3.8, 4) is 0 Å². The molecule has 3 rings (SSSR count). The van der Waals surface area contributed by atoms with Gasteiger partial charge in [-0.25, -0.2) is 9.00 Å². The van der Waals surface area contributed by atoms with Crippen molar-refractivity contribution >= 4 is 27.3 Å². The van der Waals surface area contributed by atoms with Crippen molar-refractivity contribution in [1.29, 1.82) is 0 Å². The van der Waals surface area contributed by atoms with E-state index in [0.29, 0.717) is 11.4 Å². The number of benzene rings is 1. The summed E-state index contributed by atoms with van der Waals surface area (Å²) in [6.07, 6.45) is 9.55. The summed E-state index contributed by atoms with van der Waals surface area (Å²) in [6.45, 7) is 6.56. The fourth-order valence-corrected chi connectivity index (χ4v) is 4.60. The van der Waals surface area contributed by atoms with Gasteiger partial charge in [-0.3, -0.25) is 14.7 Å². The minimum absolute atomic E-state index is 0.152. The lowest BCUT2D eigenvalue weighted by atomic mass is 9.96. The van der Waals surface area contributed by atoms with E-state index in [1.165, 1.54) is 6.42 Å². The second-order valence-corrected chi connectivity index (χ2v) is 9.95. The van der Waals surface area contributed by atoms with Crippen LogP contribution in [-0.4, -0.2) is 38.7 Å². The largest absolute Gasteiger partial charge is 0.383 e. The molecule has 0 aliphatic heterocycles. The summed E-state index contributed by atoms with van der Waals surface area (Å²) >= 11 is 0. The highest BCUT2D eigenvalue weighted by molar-refractivity contribution is 7.99. The average molecular weight is 442 g/mol. The highest BCUT2D eigenvalue weighted by Gasteiger charge is 2.18. The van der Waals surface area contributed by atoms with Crippen LogP contribution >= 0.6 is 0 Å². The number of rotatable bonds is 8. The van der Waals surface area contributed by atoms with Gasteiger partial charge in [-0.05, 0) is 49.8 Å². The Labute approximate surface area is 184 Å². The summed E-state index contributed by atoms with van der Waals surface area (Å²) in [7, 11) is -2.91. The first-order chi connectivity index (χ1) is 14.8. The summed E-state index contributed by atoms with van der Waals surface area (Å²) in [5, 5.41) is 6.16. The number of carbonyl (C=O) groups is 1. The van der Waals surface area contributed by atoms with Crippen LogP contribution in [0.3, 0.4) is 0 Å². The molecule has 1 saturated carbocycles. The van der Waals surface area contributed by atoms with Crippen LogP contribution in [0, 0.1) is 6.92 Å². The summed E-state index contributed by atoms with van der Waals surface area (Å²) in [5.74, 6) is 3.75. The van der Waals surface area contributed by atoms with Crippen LogP contribution in [-0.2, 0) is 16.1 Å². The monoisotopic (exact) mass is 441 g/mol. The summed E-state index contributed by atoms with van der Waals surface area (Å²) in [4.78, 5) is 21.3. The molecule has 1 aromatic carbocycles. The van der Waals surface area contributed by atoms with Crippen molar-refractivity contribution < 1.29 is 9.00 Å². The van der Waals surface area contributed by atoms with Crippen LogP contribution in [0.5, 0.6) is 0 Å². The lowest BCUT2D eigenvalue weighted by molar-refractivity contribution is 0.238. The molecule has 0 saturated heterocycles. The van der Waals surface area contributed by atoms with Crippen molar-refractivity contribution in [3.05, 3.63) is 60.2 Å². The molecule has 2 amide bonds. The van der Waals surface area contributed by atoms with Crippen molar-refractivity contribution in [1.82, 2.24) is 25.3 Å². The number of aryl methyl sites for hydroxylation is 1. The normalized spacial score (nSPS) is 16.2. The lowest BCUT2D eigenvalue weighted by Crippen LogP contribution is -2.45. The molecule has 0 bridgehead atoms. The molecule has 1 aliphatic rings. The van der Waals surface area contributed by atoms with E-state index >= 15 is 0 Å². The van der Waals surface area contributed by atoms with Crippen LogP contribution < -0.4 is 15.4 Å². The molecule has 166 valence electrons. The van der Waals surface area contributed by atoms with E-state index in [4.69, 9.17) is 0 Å². The molecule has 1 heterocycles. The molecule has 0 radical (unpaired) electrons. The Morgan fingerprint density at radius 2 is 1.84 bits per heavy atom. The molecule has 8 heteroatoms. The standard InChI is InChI=1S/C23H31N5O2S/c1-17-15-26-22(16-25-17)18(2)24-14-13-19-9-11-21(12-10-19)31(3,30)28-23(29)27-20-7-5-4-6-8-20/h9-12,15-16,20,24H,2-8,13-14H2,1H3,(H2,27,28,29,30). The minimum atomic E-state index is -2.91. The van der Waals surface area contributed by atoms with Gasteiger partial charge in [0.25, 0.3) is 0 Å². The Hall–Kier alpha value is -2.87. The zero-order valence-electron chi connectivity index (χ0n) is 18.0. The second kappa shape index (κ2) is 10.4. The summed E-state index contributed by atoms with van der Waals surface area (Å²) < 4.78 is 15.5. The number of amides is 2. The van der Waals surface area contributed by atoms with E-state index in [0.717, 1.165) is 54.8 Å². The summed E-state index contributed by atoms with van der Waals surface area (Å²) in [5.41, 5.74) is 3.37. The Bertz CT molecular complexity index is 995. The van der Waals surface area contributed by atoms with E-state index in [1.807, 2.05) is 19.1 Å². The second-order valence-electron chi connectivity index (χ2n) is 7.93. The van der Waals surface area contributed by atoms with Gasteiger partial charge in [0.1, 0.15) is 5.69 Å². The van der Waals surface area contributed by atoms with Gasteiger partial charge in [0.05, 0.1) is 27.3 Å². The van der Waals surface area contributed by atoms with Gasteiger partial charge >= 0.3 is 6.03 Å². The molecule has 1 atom stereocenters. The number of aromatic nitrogens is 2. The van der Waals surface area contributed by atoms with E-state index < -0.39 is 15.7 Å². The van der Waals surface area contributed by atoms with Gasteiger partial charge in [-0.1, -0.05) is 38.0 Å². The van der Waals surface area contributed by atoms with Gasteiger partial charge < -0.3 is 10.6 Å². The van der Waals surface area contributed by atoms with Crippen molar-refractivity contribution in [3.63, 3.8) is 0 Å². The number of hydrogen-bond acceptors (Lipinski definition) is 5. The van der Waals surface area contributed by atoms with E-state index in [-0.39, 0.29) is 6.04 Å². The molecular formula is C23H31N5O2S. The first-order valence-electron chi connectivity index (χ1n) is 10.6. The Morgan fingerprint density at radius 3 is 2.48 bits per heavy atom. The molecular weight excluding hydrogens is 410 g/mol. The Balaban J connectivity index is 1.48. The molecule has 1 aliphatic carbocycles. The number of urea groups is 1. The highest BCUT2D eigenvalue weighted by Crippen LogP contribution is 2.17. The predicted molar refractivity (Wildman–Crippen MR) is 126 cm³/mol. The zero-order chi connectivity index (χ0) is 22.3. The fraction of sp³-hybridized carbons (Fsp3) is 0.391. The van der Waals surface area contributed by atoms with E-state index in [9.17, 15) is 9.00 Å². The Morgan fingerprint density at radius 1 is 1.13 bits per heavy atom. The maximum Gasteiger partial charge on any atom is 0.326 e. The molecule has 3 N–H and O–H groups in total. The van der Waals surface area contributed by atoms with Crippen LogP contribution in [0.2, 0.25) is 0 Å². The Kier molecular flexibility index (Phi) is 7.68. The zero-order valence-corrected chi connectivity index (χ0v) is 18.8. The van der Waals surface area contributed by atoms with Crippen LogP contribution in [0.15, 0.2) is 48.1 Å². The number of nitrogens with zero attached hydrogens (tertiary/aromatic N) is 2. The summed E-state index contributed by atoms with van der Waals surface area (Å²) in [6, 6.07) is 7.04. The van der Waals surface area contributed by atoms with Gasteiger partial charge in [-0.15, -0.1) is 0 Å². The van der Waals surface area contributed by atoms with Crippen LogP contribution in [0.1, 0.15) is 49.1 Å². The molecule has 1 aromatic heterocycles. The quantitative estimate of drug-likeness (QED) is 0.547. The predicted octanol–water partition coefficient (Wildman–Crippen LogP) is 3.21. The first kappa shape index (κ1) is 22.8. The SMILES string of the molecule is C=C(NCCc1ccc(S(=C)(=O)NC(=O)NC2CCCCC2)cc1)c1cnc(C)cn1. The molecule has 7 nitrogen and oxygen atoms in total. The number of hydrogen-bond donors (Lipinski definition) is 3. The number of carbonyl (C=O) groups excluding carboxylic acids is 1. The molecule has 2 aromatic rings. The number of nitrogens with one attached hydrogen (secondary N) is 3.